The van der Waals surface area contributed by atoms with Crippen molar-refractivity contribution in [1.82, 2.24) is 25.5 Å². The Morgan fingerprint density at radius 3 is 2.89 bits per heavy atom. The summed E-state index contributed by atoms with van der Waals surface area (Å²) < 4.78 is 2.87. The van der Waals surface area contributed by atoms with E-state index in [1.165, 1.54) is 5.56 Å². The van der Waals surface area contributed by atoms with Crippen LogP contribution in [0.25, 0.3) is 5.69 Å². The van der Waals surface area contributed by atoms with Crippen molar-refractivity contribution in [3.63, 3.8) is 0 Å². The maximum atomic E-state index is 4.08. The van der Waals surface area contributed by atoms with E-state index in [0.29, 0.717) is 6.54 Å². The van der Waals surface area contributed by atoms with Gasteiger partial charge in [-0.2, -0.15) is 4.68 Å². The number of nitrogens with one attached hydrogen (secondary N) is 1. The molecule has 1 N–H and O–H groups in total. The molecular weight excluding hydrogens is 294 g/mol. The minimum atomic E-state index is 0.669. The fourth-order valence-electron chi connectivity index (χ4n) is 1.78. The second kappa shape index (κ2) is 6.06. The minimum absolute atomic E-state index is 0.669. The van der Waals surface area contributed by atoms with E-state index in [1.807, 2.05) is 12.1 Å². The number of benzene rings is 1. The van der Waals surface area contributed by atoms with Crippen molar-refractivity contribution in [2.24, 2.45) is 0 Å². The van der Waals surface area contributed by atoms with E-state index in [2.05, 4.69) is 56.7 Å². The van der Waals surface area contributed by atoms with Crippen LogP contribution in [0.4, 0.5) is 0 Å². The molecule has 1 aromatic heterocycles. The second-order valence-corrected chi connectivity index (χ2v) is 4.83. The summed E-state index contributed by atoms with van der Waals surface area (Å²) in [4.78, 5) is 0. The van der Waals surface area contributed by atoms with Crippen molar-refractivity contribution in [2.75, 3.05) is 6.54 Å². The van der Waals surface area contributed by atoms with Crippen molar-refractivity contribution in [1.29, 1.82) is 0 Å². The van der Waals surface area contributed by atoms with Gasteiger partial charge in [-0.05, 0) is 47.2 Å². The van der Waals surface area contributed by atoms with E-state index < -0.39 is 0 Å². The summed E-state index contributed by atoms with van der Waals surface area (Å²) in [6, 6.07) is 6.15. The second-order valence-electron chi connectivity index (χ2n) is 3.91. The predicted octanol–water partition coefficient (Wildman–Crippen LogP) is 2.10. The predicted molar refractivity (Wildman–Crippen MR) is 73.6 cm³/mol. The van der Waals surface area contributed by atoms with Crippen LogP contribution in [0.1, 0.15) is 25.2 Å². The van der Waals surface area contributed by atoms with Crippen LogP contribution < -0.4 is 5.32 Å². The zero-order valence-corrected chi connectivity index (χ0v) is 12.1. The number of rotatable bonds is 5. The summed E-state index contributed by atoms with van der Waals surface area (Å²) >= 11 is 3.49. The zero-order valence-electron chi connectivity index (χ0n) is 10.5. The first-order valence-electron chi connectivity index (χ1n) is 6.03. The number of halogens is 1. The van der Waals surface area contributed by atoms with Gasteiger partial charge in [0.2, 0.25) is 0 Å². The fraction of sp³-hybridized carbons (Fsp3) is 0.417. The zero-order chi connectivity index (χ0) is 13.0. The van der Waals surface area contributed by atoms with Gasteiger partial charge in [0.15, 0.2) is 5.82 Å². The van der Waals surface area contributed by atoms with Gasteiger partial charge in [-0.15, -0.1) is 5.10 Å². The molecule has 0 aliphatic rings. The smallest absolute Gasteiger partial charge is 0.170 e. The van der Waals surface area contributed by atoms with Crippen molar-refractivity contribution < 1.29 is 0 Å². The molecule has 0 spiro atoms. The topological polar surface area (TPSA) is 55.6 Å². The number of nitrogens with zero attached hydrogens (tertiary/aromatic N) is 4. The van der Waals surface area contributed by atoms with Crippen molar-refractivity contribution in [2.45, 2.75) is 26.8 Å². The van der Waals surface area contributed by atoms with Crippen LogP contribution in [0.15, 0.2) is 22.7 Å². The van der Waals surface area contributed by atoms with Crippen LogP contribution in [-0.2, 0) is 13.0 Å². The molecule has 2 rings (SSSR count). The monoisotopic (exact) mass is 309 g/mol. The Kier molecular flexibility index (Phi) is 4.43. The molecule has 0 amide bonds. The van der Waals surface area contributed by atoms with Crippen LogP contribution in [0, 0.1) is 0 Å². The number of tetrazole rings is 1. The van der Waals surface area contributed by atoms with E-state index >= 15 is 0 Å². The van der Waals surface area contributed by atoms with Gasteiger partial charge in [-0.25, -0.2) is 0 Å². The van der Waals surface area contributed by atoms with E-state index in [9.17, 15) is 0 Å². The Labute approximate surface area is 115 Å². The Balaban J connectivity index is 2.39. The molecule has 0 atom stereocenters. The lowest BCUT2D eigenvalue weighted by atomic mass is 10.1. The lowest BCUT2D eigenvalue weighted by Gasteiger charge is -2.10. The third kappa shape index (κ3) is 2.76. The molecule has 0 fully saturated rings. The van der Waals surface area contributed by atoms with Crippen molar-refractivity contribution in [3.8, 4) is 5.69 Å². The Bertz CT molecular complexity index is 523. The number of hydrogen-bond acceptors (Lipinski definition) is 4. The van der Waals surface area contributed by atoms with Gasteiger partial charge < -0.3 is 5.32 Å². The third-order valence-electron chi connectivity index (χ3n) is 2.72. The molecule has 0 saturated heterocycles. The summed E-state index contributed by atoms with van der Waals surface area (Å²) in [7, 11) is 0. The van der Waals surface area contributed by atoms with Gasteiger partial charge in [0.1, 0.15) is 0 Å². The van der Waals surface area contributed by atoms with E-state index in [0.717, 1.165) is 29.0 Å². The highest BCUT2D eigenvalue weighted by Gasteiger charge is 2.11. The van der Waals surface area contributed by atoms with Gasteiger partial charge in [0.25, 0.3) is 0 Å². The van der Waals surface area contributed by atoms with Gasteiger partial charge in [0, 0.05) is 4.47 Å². The molecule has 0 unspecified atom stereocenters. The van der Waals surface area contributed by atoms with Gasteiger partial charge in [0.05, 0.1) is 12.2 Å². The Hall–Kier alpha value is -1.27. The van der Waals surface area contributed by atoms with Gasteiger partial charge in [-0.3, -0.25) is 0 Å². The summed E-state index contributed by atoms with van der Waals surface area (Å²) in [6.45, 7) is 5.75. The molecule has 6 heteroatoms. The lowest BCUT2D eigenvalue weighted by molar-refractivity contribution is 0.662. The molecule has 0 aliphatic carbocycles. The molecule has 1 heterocycles. The average molecular weight is 310 g/mol. The first-order valence-corrected chi connectivity index (χ1v) is 6.82. The summed E-state index contributed by atoms with van der Waals surface area (Å²) in [5.74, 6) is 0.828. The van der Waals surface area contributed by atoms with Crippen LogP contribution in [0.5, 0.6) is 0 Å². The first-order chi connectivity index (χ1) is 8.76. The Morgan fingerprint density at radius 2 is 2.17 bits per heavy atom. The van der Waals surface area contributed by atoms with E-state index in [4.69, 9.17) is 0 Å². The fourth-order valence-corrected chi connectivity index (χ4v) is 2.19. The van der Waals surface area contributed by atoms with E-state index in [-0.39, 0.29) is 0 Å². The highest BCUT2D eigenvalue weighted by Crippen LogP contribution is 2.20. The quantitative estimate of drug-likeness (QED) is 0.919. The summed E-state index contributed by atoms with van der Waals surface area (Å²) in [6.07, 6.45) is 0.940. The number of aryl methyl sites for hydroxylation is 1. The molecule has 2 aromatic rings. The SMILES string of the molecule is CCNCc1nnnn1-c1ccc(Br)cc1CC. The number of hydrogen-bond donors (Lipinski definition) is 1. The summed E-state index contributed by atoms with van der Waals surface area (Å²) in [5, 5.41) is 15.1. The van der Waals surface area contributed by atoms with E-state index in [1.54, 1.807) is 4.68 Å². The van der Waals surface area contributed by atoms with Crippen LogP contribution in [0.2, 0.25) is 0 Å². The molecule has 96 valence electrons. The highest BCUT2D eigenvalue weighted by molar-refractivity contribution is 9.10. The first kappa shape index (κ1) is 13.2. The molecular formula is C12H16BrN5. The van der Waals surface area contributed by atoms with Crippen molar-refractivity contribution in [3.05, 3.63) is 34.1 Å². The lowest BCUT2D eigenvalue weighted by Crippen LogP contribution is -2.16. The third-order valence-corrected chi connectivity index (χ3v) is 3.21. The minimum Gasteiger partial charge on any atom is -0.310 e. The summed E-state index contributed by atoms with van der Waals surface area (Å²) in [5.41, 5.74) is 2.26. The highest BCUT2D eigenvalue weighted by atomic mass is 79.9. The molecule has 18 heavy (non-hydrogen) atoms. The van der Waals surface area contributed by atoms with Crippen LogP contribution in [0.3, 0.4) is 0 Å². The molecule has 0 saturated carbocycles. The molecule has 0 radical (unpaired) electrons. The van der Waals surface area contributed by atoms with Gasteiger partial charge in [-0.1, -0.05) is 29.8 Å². The standard InChI is InChI=1S/C12H16BrN5/c1-3-9-7-10(13)5-6-11(9)18-12(8-14-4-2)15-16-17-18/h5-7,14H,3-4,8H2,1-2H3. The Morgan fingerprint density at radius 1 is 1.33 bits per heavy atom. The van der Waals surface area contributed by atoms with Gasteiger partial charge >= 0.3 is 0 Å². The molecule has 0 aliphatic heterocycles. The maximum absolute atomic E-state index is 4.08. The maximum Gasteiger partial charge on any atom is 0.170 e. The largest absolute Gasteiger partial charge is 0.310 e. The molecule has 1 aromatic carbocycles. The molecule has 5 nitrogen and oxygen atoms in total. The van der Waals surface area contributed by atoms with Crippen molar-refractivity contribution >= 4 is 15.9 Å². The average Bonchev–Trinajstić information content (AvgIpc) is 2.84. The molecule has 0 bridgehead atoms. The normalized spacial score (nSPS) is 10.8. The van der Waals surface area contributed by atoms with Crippen LogP contribution in [-0.4, -0.2) is 26.8 Å². The number of aromatic nitrogens is 4. The van der Waals surface area contributed by atoms with Crippen LogP contribution >= 0.6 is 15.9 Å².